The molecule has 0 unspecified atom stereocenters. The van der Waals surface area contributed by atoms with E-state index in [1.165, 1.54) is 45.1 Å². The molecular weight excluding hydrogens is 417 g/mol. The summed E-state index contributed by atoms with van der Waals surface area (Å²) in [6.07, 6.45) is 10.1. The van der Waals surface area contributed by atoms with Gasteiger partial charge in [0.15, 0.2) is 11.8 Å². The maximum Gasteiger partial charge on any atom is 0.226 e. The third-order valence-electron chi connectivity index (χ3n) is 5.28. The summed E-state index contributed by atoms with van der Waals surface area (Å²) in [7, 11) is 1.88. The third kappa shape index (κ3) is 4.83. The second-order valence-corrected chi connectivity index (χ2v) is 7.05. The van der Waals surface area contributed by atoms with Gasteiger partial charge in [-0.3, -0.25) is 4.99 Å². The summed E-state index contributed by atoms with van der Waals surface area (Å²) in [5, 5.41) is 7.32. The quantitative estimate of drug-likeness (QED) is 0.333. The number of aromatic nitrogens is 2. The Hall–Kier alpha value is -0.860. The number of hydrogen-bond acceptors (Lipinski definition) is 4. The van der Waals surface area contributed by atoms with Gasteiger partial charge < -0.3 is 14.7 Å². The van der Waals surface area contributed by atoms with E-state index in [0.29, 0.717) is 11.2 Å². The molecule has 1 saturated heterocycles. The van der Waals surface area contributed by atoms with Crippen molar-refractivity contribution < 1.29 is 4.52 Å². The molecular formula is C17H30IN5O. The van der Waals surface area contributed by atoms with Crippen LogP contribution in [-0.4, -0.2) is 47.7 Å². The van der Waals surface area contributed by atoms with Gasteiger partial charge in [-0.1, -0.05) is 24.4 Å². The van der Waals surface area contributed by atoms with Crippen molar-refractivity contribution in [1.29, 1.82) is 0 Å². The van der Waals surface area contributed by atoms with E-state index in [1.54, 1.807) is 0 Å². The first-order chi connectivity index (χ1) is 11.2. The SMILES string of the molecule is CN=C(NCCCc1nc(C)no1)N1CCC2(CCCCC2)C1.I. The van der Waals surface area contributed by atoms with Crippen LogP contribution < -0.4 is 5.32 Å². The number of aliphatic imine (C=N–C) groups is 1. The van der Waals surface area contributed by atoms with E-state index >= 15 is 0 Å². The maximum absolute atomic E-state index is 5.14. The van der Waals surface area contributed by atoms with Gasteiger partial charge in [0.25, 0.3) is 0 Å². The van der Waals surface area contributed by atoms with E-state index in [1.807, 2.05) is 14.0 Å². The Kier molecular flexibility index (Phi) is 7.31. The molecule has 2 aliphatic rings. The van der Waals surface area contributed by atoms with Gasteiger partial charge in [-0.2, -0.15) is 4.98 Å². The molecule has 136 valence electrons. The fourth-order valence-corrected chi connectivity index (χ4v) is 4.04. The number of rotatable bonds is 4. The normalized spacial score (nSPS) is 20.2. The standard InChI is InChI=1S/C17H29N5O.HI/c1-14-20-15(23-21-14)7-6-11-19-16(18-2)22-12-10-17(13-22)8-4-3-5-9-17;/h3-13H2,1-2H3,(H,18,19);1H. The molecule has 0 atom stereocenters. The number of guanidine groups is 1. The van der Waals surface area contributed by atoms with Crippen molar-refractivity contribution in [2.75, 3.05) is 26.7 Å². The van der Waals surface area contributed by atoms with Crippen LogP contribution in [0.1, 0.15) is 56.7 Å². The van der Waals surface area contributed by atoms with Crippen molar-refractivity contribution in [2.45, 2.75) is 58.3 Å². The predicted octanol–water partition coefficient (Wildman–Crippen LogP) is 3.16. The van der Waals surface area contributed by atoms with E-state index in [-0.39, 0.29) is 24.0 Å². The minimum atomic E-state index is 0. The molecule has 0 radical (unpaired) electrons. The topological polar surface area (TPSA) is 66.5 Å². The van der Waals surface area contributed by atoms with Gasteiger partial charge in [0, 0.05) is 33.1 Å². The Morgan fingerprint density at radius 2 is 2.08 bits per heavy atom. The molecule has 2 fully saturated rings. The number of hydrogen-bond donors (Lipinski definition) is 1. The van der Waals surface area contributed by atoms with Gasteiger partial charge >= 0.3 is 0 Å². The van der Waals surface area contributed by atoms with E-state index < -0.39 is 0 Å². The van der Waals surface area contributed by atoms with Crippen LogP contribution in [0.5, 0.6) is 0 Å². The summed E-state index contributed by atoms with van der Waals surface area (Å²) in [6.45, 7) is 5.05. The van der Waals surface area contributed by atoms with Crippen molar-refractivity contribution in [2.24, 2.45) is 10.4 Å². The zero-order valence-electron chi connectivity index (χ0n) is 14.9. The summed E-state index contributed by atoms with van der Waals surface area (Å²) in [5.41, 5.74) is 0.567. The smallest absolute Gasteiger partial charge is 0.226 e. The molecule has 0 amide bonds. The van der Waals surface area contributed by atoms with Crippen molar-refractivity contribution in [3.63, 3.8) is 0 Å². The highest BCUT2D eigenvalue weighted by Gasteiger charge is 2.39. The van der Waals surface area contributed by atoms with Crippen molar-refractivity contribution in [3.8, 4) is 0 Å². The van der Waals surface area contributed by atoms with Crippen LogP contribution in [-0.2, 0) is 6.42 Å². The van der Waals surface area contributed by atoms with E-state index in [4.69, 9.17) is 4.52 Å². The minimum absolute atomic E-state index is 0. The Morgan fingerprint density at radius 1 is 1.29 bits per heavy atom. The first-order valence-corrected chi connectivity index (χ1v) is 8.96. The zero-order valence-corrected chi connectivity index (χ0v) is 17.2. The summed E-state index contributed by atoms with van der Waals surface area (Å²) in [6, 6.07) is 0. The lowest BCUT2D eigenvalue weighted by Crippen LogP contribution is -2.42. The lowest BCUT2D eigenvalue weighted by Gasteiger charge is -2.33. The molecule has 1 spiro atoms. The largest absolute Gasteiger partial charge is 0.356 e. The van der Waals surface area contributed by atoms with Gasteiger partial charge in [0.05, 0.1) is 0 Å². The third-order valence-corrected chi connectivity index (χ3v) is 5.28. The summed E-state index contributed by atoms with van der Waals surface area (Å²) in [5.74, 6) is 2.48. The van der Waals surface area contributed by atoms with Gasteiger partial charge in [0.1, 0.15) is 0 Å². The highest BCUT2D eigenvalue weighted by atomic mass is 127. The monoisotopic (exact) mass is 447 g/mol. The molecule has 1 aliphatic heterocycles. The molecule has 2 heterocycles. The molecule has 0 bridgehead atoms. The molecule has 7 heteroatoms. The van der Waals surface area contributed by atoms with Gasteiger partial charge in [-0.05, 0) is 38.0 Å². The summed E-state index contributed by atoms with van der Waals surface area (Å²) in [4.78, 5) is 11.2. The molecule has 1 aliphatic carbocycles. The molecule has 1 N–H and O–H groups in total. The molecule has 1 saturated carbocycles. The highest BCUT2D eigenvalue weighted by Crippen LogP contribution is 2.43. The van der Waals surface area contributed by atoms with E-state index in [9.17, 15) is 0 Å². The van der Waals surface area contributed by atoms with Crippen LogP contribution in [0.2, 0.25) is 0 Å². The first-order valence-electron chi connectivity index (χ1n) is 8.96. The Morgan fingerprint density at radius 3 is 2.75 bits per heavy atom. The highest BCUT2D eigenvalue weighted by molar-refractivity contribution is 14.0. The van der Waals surface area contributed by atoms with Crippen LogP contribution in [0, 0.1) is 12.3 Å². The van der Waals surface area contributed by atoms with Crippen LogP contribution in [0.4, 0.5) is 0 Å². The number of nitrogens with zero attached hydrogens (tertiary/aromatic N) is 4. The minimum Gasteiger partial charge on any atom is -0.356 e. The lowest BCUT2D eigenvalue weighted by molar-refractivity contribution is 0.203. The molecule has 6 nitrogen and oxygen atoms in total. The maximum atomic E-state index is 5.14. The van der Waals surface area contributed by atoms with Crippen molar-refractivity contribution in [3.05, 3.63) is 11.7 Å². The van der Waals surface area contributed by atoms with Gasteiger partial charge in [-0.25, -0.2) is 0 Å². The van der Waals surface area contributed by atoms with Crippen molar-refractivity contribution >= 4 is 29.9 Å². The molecule has 1 aromatic heterocycles. The summed E-state index contributed by atoms with van der Waals surface area (Å²) < 4.78 is 5.14. The van der Waals surface area contributed by atoms with E-state index in [2.05, 4.69) is 25.3 Å². The first kappa shape index (κ1) is 19.5. The number of nitrogens with one attached hydrogen (secondary N) is 1. The average molecular weight is 447 g/mol. The van der Waals surface area contributed by atoms with E-state index in [0.717, 1.165) is 37.8 Å². The van der Waals surface area contributed by atoms with Gasteiger partial charge in [0.2, 0.25) is 5.89 Å². The van der Waals surface area contributed by atoms with Crippen molar-refractivity contribution in [1.82, 2.24) is 20.4 Å². The fraction of sp³-hybridized carbons (Fsp3) is 0.824. The molecule has 0 aromatic carbocycles. The average Bonchev–Trinajstić information content (AvgIpc) is 3.15. The Labute approximate surface area is 161 Å². The Bertz CT molecular complexity index is 539. The number of halogens is 1. The zero-order chi connectivity index (χ0) is 16.1. The second-order valence-electron chi connectivity index (χ2n) is 7.05. The Balaban J connectivity index is 0.00000208. The van der Waals surface area contributed by atoms with Crippen LogP contribution in [0.3, 0.4) is 0 Å². The fourth-order valence-electron chi connectivity index (χ4n) is 4.04. The molecule has 1 aromatic rings. The second kappa shape index (κ2) is 9.01. The molecule has 24 heavy (non-hydrogen) atoms. The van der Waals surface area contributed by atoms with Crippen LogP contribution in [0.15, 0.2) is 9.52 Å². The number of aryl methyl sites for hydroxylation is 2. The van der Waals surface area contributed by atoms with Gasteiger partial charge in [-0.15, -0.1) is 24.0 Å². The van der Waals surface area contributed by atoms with Crippen LogP contribution in [0.25, 0.3) is 0 Å². The number of likely N-dealkylation sites (tertiary alicyclic amines) is 1. The predicted molar refractivity (Wildman–Crippen MR) is 106 cm³/mol. The molecule has 3 rings (SSSR count). The van der Waals surface area contributed by atoms with Crippen LogP contribution >= 0.6 is 24.0 Å². The summed E-state index contributed by atoms with van der Waals surface area (Å²) >= 11 is 0. The lowest BCUT2D eigenvalue weighted by atomic mass is 9.73.